The summed E-state index contributed by atoms with van der Waals surface area (Å²) >= 11 is 8.99. The van der Waals surface area contributed by atoms with Gasteiger partial charge in [-0.1, -0.05) is 31.5 Å². The van der Waals surface area contributed by atoms with Gasteiger partial charge >= 0.3 is 0 Å². The Kier molecular flexibility index (Phi) is 5.14. The molecule has 2 aromatic carbocycles. The molecule has 2 rings (SSSR count). The number of halogens is 3. The van der Waals surface area contributed by atoms with Crippen LogP contribution in [0.4, 0.5) is 10.1 Å². The summed E-state index contributed by atoms with van der Waals surface area (Å²) in [5.74, 6) is -0.332. The summed E-state index contributed by atoms with van der Waals surface area (Å²) in [6.07, 6.45) is 0. The minimum absolute atomic E-state index is 0.0984. The summed E-state index contributed by atoms with van der Waals surface area (Å²) in [6.45, 7) is 4.10. The number of hydrogen-bond acceptors (Lipinski definition) is 2. The first-order chi connectivity index (χ1) is 10.2. The number of anilines is 1. The maximum atomic E-state index is 13.1. The standard InChI is InChI=1S/C15H14BrClFNO2S/c1-9(2)10-3-6-15(12(16)7-10)19-22(20,21)11-4-5-14(18)13(17)8-11/h3-9,19H,1-2H3. The van der Waals surface area contributed by atoms with Gasteiger partial charge in [0.25, 0.3) is 10.0 Å². The molecule has 118 valence electrons. The van der Waals surface area contributed by atoms with Crippen molar-refractivity contribution in [3.8, 4) is 0 Å². The lowest BCUT2D eigenvalue weighted by molar-refractivity contribution is 0.599. The fraction of sp³-hybridized carbons (Fsp3) is 0.200. The van der Waals surface area contributed by atoms with Crippen LogP contribution < -0.4 is 4.72 Å². The lowest BCUT2D eigenvalue weighted by atomic mass is 10.0. The van der Waals surface area contributed by atoms with E-state index >= 15 is 0 Å². The molecule has 0 aliphatic rings. The highest BCUT2D eigenvalue weighted by molar-refractivity contribution is 9.10. The van der Waals surface area contributed by atoms with Gasteiger partial charge in [-0.15, -0.1) is 0 Å². The van der Waals surface area contributed by atoms with E-state index in [1.165, 1.54) is 6.07 Å². The predicted octanol–water partition coefficient (Wildman–Crippen LogP) is 5.17. The van der Waals surface area contributed by atoms with Crippen LogP contribution in [0, 0.1) is 5.82 Å². The monoisotopic (exact) mass is 405 g/mol. The molecule has 0 spiro atoms. The van der Waals surface area contributed by atoms with Gasteiger partial charge in [-0.05, 0) is 57.7 Å². The zero-order valence-electron chi connectivity index (χ0n) is 11.9. The number of hydrogen-bond donors (Lipinski definition) is 1. The van der Waals surface area contributed by atoms with Crippen molar-refractivity contribution < 1.29 is 12.8 Å². The van der Waals surface area contributed by atoms with Crippen molar-refractivity contribution in [2.45, 2.75) is 24.7 Å². The van der Waals surface area contributed by atoms with Crippen LogP contribution in [0.5, 0.6) is 0 Å². The third-order valence-corrected chi connectivity index (χ3v) is 5.41. The third kappa shape index (κ3) is 3.80. The number of rotatable bonds is 4. The van der Waals surface area contributed by atoms with E-state index < -0.39 is 15.8 Å². The van der Waals surface area contributed by atoms with Crippen LogP contribution >= 0.6 is 27.5 Å². The molecule has 0 saturated heterocycles. The number of nitrogens with one attached hydrogen (secondary N) is 1. The lowest BCUT2D eigenvalue weighted by Crippen LogP contribution is -2.13. The van der Waals surface area contributed by atoms with Crippen LogP contribution in [-0.4, -0.2) is 8.42 Å². The van der Waals surface area contributed by atoms with Gasteiger partial charge < -0.3 is 0 Å². The zero-order valence-corrected chi connectivity index (χ0v) is 15.1. The Morgan fingerprint density at radius 3 is 2.41 bits per heavy atom. The van der Waals surface area contributed by atoms with Crippen molar-refractivity contribution in [1.29, 1.82) is 0 Å². The minimum Gasteiger partial charge on any atom is -0.278 e. The van der Waals surface area contributed by atoms with Gasteiger partial charge in [0.1, 0.15) is 5.82 Å². The summed E-state index contributed by atoms with van der Waals surface area (Å²) in [4.78, 5) is -0.0984. The van der Waals surface area contributed by atoms with Crippen LogP contribution in [-0.2, 0) is 10.0 Å². The second-order valence-electron chi connectivity index (χ2n) is 5.08. The van der Waals surface area contributed by atoms with Crippen molar-refractivity contribution in [3.05, 3.63) is 57.3 Å². The summed E-state index contributed by atoms with van der Waals surface area (Å²) in [5, 5.41) is -0.239. The molecule has 0 unspecified atom stereocenters. The topological polar surface area (TPSA) is 46.2 Å². The van der Waals surface area contributed by atoms with Crippen molar-refractivity contribution in [2.75, 3.05) is 4.72 Å². The SMILES string of the molecule is CC(C)c1ccc(NS(=O)(=O)c2ccc(F)c(Cl)c2)c(Br)c1. The summed E-state index contributed by atoms with van der Waals surface area (Å²) in [5.41, 5.74) is 1.49. The predicted molar refractivity (Wildman–Crippen MR) is 90.4 cm³/mol. The molecule has 0 aliphatic heterocycles. The molecule has 3 nitrogen and oxygen atoms in total. The van der Waals surface area contributed by atoms with Crippen molar-refractivity contribution in [2.24, 2.45) is 0 Å². The molecular weight excluding hydrogens is 393 g/mol. The summed E-state index contributed by atoms with van der Waals surface area (Å²) < 4.78 is 40.9. The largest absolute Gasteiger partial charge is 0.278 e. The van der Waals surface area contributed by atoms with Gasteiger partial charge in [-0.25, -0.2) is 12.8 Å². The molecule has 0 atom stereocenters. The Morgan fingerprint density at radius 1 is 1.18 bits per heavy atom. The van der Waals surface area contributed by atoms with E-state index in [2.05, 4.69) is 20.7 Å². The maximum absolute atomic E-state index is 13.1. The maximum Gasteiger partial charge on any atom is 0.261 e. The van der Waals surface area contributed by atoms with E-state index in [1.54, 1.807) is 6.07 Å². The van der Waals surface area contributed by atoms with Crippen LogP contribution in [0.15, 0.2) is 45.8 Å². The van der Waals surface area contributed by atoms with Gasteiger partial charge in [-0.2, -0.15) is 0 Å². The van der Waals surface area contributed by atoms with E-state index in [0.29, 0.717) is 16.1 Å². The molecule has 0 fully saturated rings. The average Bonchev–Trinajstić information content (AvgIpc) is 2.43. The molecule has 0 saturated carbocycles. The third-order valence-electron chi connectivity index (χ3n) is 3.11. The fourth-order valence-corrected chi connectivity index (χ4v) is 3.80. The first-order valence-corrected chi connectivity index (χ1v) is 9.13. The first-order valence-electron chi connectivity index (χ1n) is 6.48. The fourth-order valence-electron chi connectivity index (χ4n) is 1.82. The molecule has 0 radical (unpaired) electrons. The van der Waals surface area contributed by atoms with Gasteiger partial charge in [0, 0.05) is 4.47 Å². The van der Waals surface area contributed by atoms with E-state index in [-0.39, 0.29) is 9.92 Å². The molecule has 2 aromatic rings. The highest BCUT2D eigenvalue weighted by Gasteiger charge is 2.17. The van der Waals surface area contributed by atoms with E-state index in [0.717, 1.165) is 17.7 Å². The molecule has 0 aliphatic carbocycles. The number of benzene rings is 2. The second-order valence-corrected chi connectivity index (χ2v) is 8.02. The van der Waals surface area contributed by atoms with Crippen LogP contribution in [0.3, 0.4) is 0 Å². The van der Waals surface area contributed by atoms with Gasteiger partial charge in [0.05, 0.1) is 15.6 Å². The highest BCUT2D eigenvalue weighted by atomic mass is 79.9. The van der Waals surface area contributed by atoms with E-state index in [4.69, 9.17) is 11.6 Å². The molecule has 0 amide bonds. The molecule has 0 aromatic heterocycles. The Morgan fingerprint density at radius 2 is 1.86 bits per heavy atom. The van der Waals surface area contributed by atoms with Gasteiger partial charge in [-0.3, -0.25) is 4.72 Å². The zero-order chi connectivity index (χ0) is 16.5. The van der Waals surface area contributed by atoms with Gasteiger partial charge in [0.15, 0.2) is 0 Å². The molecule has 0 bridgehead atoms. The van der Waals surface area contributed by atoms with Crippen LogP contribution in [0.2, 0.25) is 5.02 Å². The Labute approximate surface area is 142 Å². The van der Waals surface area contributed by atoms with Gasteiger partial charge in [0.2, 0.25) is 0 Å². The Hall–Kier alpha value is -1.11. The quantitative estimate of drug-likeness (QED) is 0.762. The first kappa shape index (κ1) is 17.2. The normalized spacial score (nSPS) is 11.7. The smallest absolute Gasteiger partial charge is 0.261 e. The molecule has 7 heteroatoms. The second kappa shape index (κ2) is 6.56. The highest BCUT2D eigenvalue weighted by Crippen LogP contribution is 2.29. The van der Waals surface area contributed by atoms with Crippen molar-refractivity contribution in [3.63, 3.8) is 0 Å². The lowest BCUT2D eigenvalue weighted by Gasteiger charge is -2.12. The molecule has 0 heterocycles. The van der Waals surface area contributed by atoms with Crippen molar-refractivity contribution in [1.82, 2.24) is 0 Å². The summed E-state index contributed by atoms with van der Waals surface area (Å²) in [6, 6.07) is 8.66. The van der Waals surface area contributed by atoms with E-state index in [1.807, 2.05) is 26.0 Å². The van der Waals surface area contributed by atoms with Crippen LogP contribution in [0.25, 0.3) is 0 Å². The van der Waals surface area contributed by atoms with Crippen molar-refractivity contribution >= 4 is 43.2 Å². The molecule has 22 heavy (non-hydrogen) atoms. The molecular formula is C15H14BrClFNO2S. The minimum atomic E-state index is -3.84. The molecule has 1 N–H and O–H groups in total. The Balaban J connectivity index is 2.34. The summed E-state index contributed by atoms with van der Waals surface area (Å²) in [7, 11) is -3.84. The van der Waals surface area contributed by atoms with E-state index in [9.17, 15) is 12.8 Å². The Bertz CT molecular complexity index is 809. The average molecular weight is 407 g/mol. The van der Waals surface area contributed by atoms with Crippen LogP contribution in [0.1, 0.15) is 25.3 Å². The number of sulfonamides is 1.